The minimum Gasteiger partial charge on any atom is -0.469 e. The standard InChI is InChI=1S/C12H10N2O2/c1-16-12(15)5-9-7-14-11-3-2-8(6-13)4-10(9)11/h2-4,7,14H,5H2,1H3. The summed E-state index contributed by atoms with van der Waals surface area (Å²) in [5, 5.41) is 9.69. The zero-order valence-electron chi connectivity index (χ0n) is 8.78. The molecular weight excluding hydrogens is 204 g/mol. The number of aromatic nitrogens is 1. The van der Waals surface area contributed by atoms with E-state index < -0.39 is 0 Å². The number of hydrogen-bond acceptors (Lipinski definition) is 3. The van der Waals surface area contributed by atoms with E-state index in [-0.39, 0.29) is 12.4 Å². The van der Waals surface area contributed by atoms with Crippen LogP contribution >= 0.6 is 0 Å². The van der Waals surface area contributed by atoms with E-state index in [2.05, 4.69) is 15.8 Å². The van der Waals surface area contributed by atoms with Crippen LogP contribution in [-0.4, -0.2) is 18.1 Å². The molecule has 0 saturated heterocycles. The highest BCUT2D eigenvalue weighted by Crippen LogP contribution is 2.20. The number of esters is 1. The van der Waals surface area contributed by atoms with E-state index in [1.807, 2.05) is 6.07 Å². The number of aromatic amines is 1. The Morgan fingerprint density at radius 2 is 2.38 bits per heavy atom. The van der Waals surface area contributed by atoms with Gasteiger partial charge in [-0.05, 0) is 23.8 Å². The number of nitriles is 1. The third-order valence-electron chi connectivity index (χ3n) is 2.46. The largest absolute Gasteiger partial charge is 0.469 e. The van der Waals surface area contributed by atoms with Crippen LogP contribution < -0.4 is 0 Å². The third-order valence-corrected chi connectivity index (χ3v) is 2.46. The van der Waals surface area contributed by atoms with Crippen LogP contribution in [0.3, 0.4) is 0 Å². The lowest BCUT2D eigenvalue weighted by atomic mass is 10.1. The van der Waals surface area contributed by atoms with Crippen molar-refractivity contribution in [1.29, 1.82) is 5.26 Å². The number of fused-ring (bicyclic) bond motifs is 1. The van der Waals surface area contributed by atoms with Crippen LogP contribution in [0.5, 0.6) is 0 Å². The smallest absolute Gasteiger partial charge is 0.310 e. The summed E-state index contributed by atoms with van der Waals surface area (Å²) in [4.78, 5) is 14.2. The lowest BCUT2D eigenvalue weighted by molar-refractivity contribution is -0.139. The molecule has 1 aromatic heterocycles. The van der Waals surface area contributed by atoms with Gasteiger partial charge in [0.15, 0.2) is 0 Å². The molecule has 0 unspecified atom stereocenters. The predicted molar refractivity (Wildman–Crippen MR) is 58.7 cm³/mol. The molecule has 0 aliphatic heterocycles. The predicted octanol–water partition coefficient (Wildman–Crippen LogP) is 1.76. The number of nitrogens with one attached hydrogen (secondary N) is 1. The zero-order valence-corrected chi connectivity index (χ0v) is 8.78. The second-order valence-corrected chi connectivity index (χ2v) is 3.44. The molecule has 1 heterocycles. The van der Waals surface area contributed by atoms with Gasteiger partial charge in [0.1, 0.15) is 0 Å². The number of hydrogen-bond donors (Lipinski definition) is 1. The Morgan fingerprint density at radius 1 is 1.56 bits per heavy atom. The van der Waals surface area contributed by atoms with Gasteiger partial charge in [-0.3, -0.25) is 4.79 Å². The molecule has 0 spiro atoms. The number of ether oxygens (including phenoxy) is 1. The van der Waals surface area contributed by atoms with Crippen LogP contribution in [0, 0.1) is 11.3 Å². The van der Waals surface area contributed by atoms with E-state index in [0.29, 0.717) is 5.56 Å². The lowest BCUT2D eigenvalue weighted by Crippen LogP contribution is -2.03. The fraction of sp³-hybridized carbons (Fsp3) is 0.167. The van der Waals surface area contributed by atoms with Crippen molar-refractivity contribution in [3.05, 3.63) is 35.5 Å². The van der Waals surface area contributed by atoms with Gasteiger partial charge in [0.25, 0.3) is 0 Å². The van der Waals surface area contributed by atoms with E-state index in [4.69, 9.17) is 5.26 Å². The monoisotopic (exact) mass is 214 g/mol. The Hall–Kier alpha value is -2.28. The van der Waals surface area contributed by atoms with E-state index in [9.17, 15) is 4.79 Å². The summed E-state index contributed by atoms with van der Waals surface area (Å²) in [6.45, 7) is 0. The number of carbonyl (C=O) groups is 1. The molecule has 4 nitrogen and oxygen atoms in total. The molecule has 0 fully saturated rings. The fourth-order valence-corrected chi connectivity index (χ4v) is 1.62. The first-order valence-electron chi connectivity index (χ1n) is 4.81. The maximum atomic E-state index is 11.2. The zero-order chi connectivity index (χ0) is 11.5. The SMILES string of the molecule is COC(=O)Cc1c[nH]c2ccc(C#N)cc12. The summed E-state index contributed by atoms with van der Waals surface area (Å²) < 4.78 is 4.61. The molecule has 2 rings (SSSR count). The van der Waals surface area contributed by atoms with Crippen molar-refractivity contribution in [3.8, 4) is 6.07 Å². The van der Waals surface area contributed by atoms with Gasteiger partial charge in [0.05, 0.1) is 25.2 Å². The summed E-state index contributed by atoms with van der Waals surface area (Å²) in [6.07, 6.45) is 1.98. The summed E-state index contributed by atoms with van der Waals surface area (Å²) >= 11 is 0. The third kappa shape index (κ3) is 1.75. The Morgan fingerprint density at radius 3 is 3.06 bits per heavy atom. The molecule has 0 saturated carbocycles. The minimum absolute atomic E-state index is 0.214. The summed E-state index contributed by atoms with van der Waals surface area (Å²) in [5.41, 5.74) is 2.34. The number of benzene rings is 1. The summed E-state index contributed by atoms with van der Waals surface area (Å²) in [6, 6.07) is 7.41. The molecule has 0 aliphatic rings. The maximum Gasteiger partial charge on any atom is 0.310 e. The first-order valence-corrected chi connectivity index (χ1v) is 4.81. The molecule has 80 valence electrons. The van der Waals surface area contributed by atoms with Crippen LogP contribution in [0.25, 0.3) is 10.9 Å². The molecule has 1 N–H and O–H groups in total. The van der Waals surface area contributed by atoms with E-state index in [1.165, 1.54) is 7.11 Å². The fourth-order valence-electron chi connectivity index (χ4n) is 1.62. The maximum absolute atomic E-state index is 11.2. The van der Waals surface area contributed by atoms with Crippen molar-refractivity contribution in [2.75, 3.05) is 7.11 Å². The molecule has 16 heavy (non-hydrogen) atoms. The summed E-state index contributed by atoms with van der Waals surface area (Å²) in [5.74, 6) is -0.289. The highest BCUT2D eigenvalue weighted by molar-refractivity contribution is 5.88. The first-order chi connectivity index (χ1) is 7.74. The van der Waals surface area contributed by atoms with Gasteiger partial charge in [-0.25, -0.2) is 0 Å². The minimum atomic E-state index is -0.289. The van der Waals surface area contributed by atoms with Gasteiger partial charge in [-0.15, -0.1) is 0 Å². The summed E-state index contributed by atoms with van der Waals surface area (Å²) in [7, 11) is 1.36. The normalized spacial score (nSPS) is 10.0. The van der Waals surface area contributed by atoms with Crippen LogP contribution in [0.1, 0.15) is 11.1 Å². The van der Waals surface area contributed by atoms with Gasteiger partial charge in [0.2, 0.25) is 0 Å². The second kappa shape index (κ2) is 4.07. The van der Waals surface area contributed by atoms with Crippen LogP contribution in [0.15, 0.2) is 24.4 Å². The highest BCUT2D eigenvalue weighted by atomic mass is 16.5. The average Bonchev–Trinajstić information content (AvgIpc) is 2.71. The molecule has 0 radical (unpaired) electrons. The van der Waals surface area contributed by atoms with Gasteiger partial charge in [-0.1, -0.05) is 0 Å². The Bertz CT molecular complexity index is 578. The van der Waals surface area contributed by atoms with Crippen molar-refractivity contribution in [2.24, 2.45) is 0 Å². The van der Waals surface area contributed by atoms with Gasteiger partial charge >= 0.3 is 5.97 Å². The molecule has 2 aromatic rings. The van der Waals surface area contributed by atoms with Gasteiger partial charge in [0, 0.05) is 17.1 Å². The number of H-pyrrole nitrogens is 1. The van der Waals surface area contributed by atoms with Crippen molar-refractivity contribution in [1.82, 2.24) is 4.98 Å². The van der Waals surface area contributed by atoms with Crippen LogP contribution in [0.4, 0.5) is 0 Å². The van der Waals surface area contributed by atoms with E-state index in [0.717, 1.165) is 16.5 Å². The first kappa shape index (κ1) is 10.2. The number of rotatable bonds is 2. The Balaban J connectivity index is 2.46. The van der Waals surface area contributed by atoms with E-state index >= 15 is 0 Å². The molecule has 0 aliphatic carbocycles. The number of methoxy groups -OCH3 is 1. The molecular formula is C12H10N2O2. The van der Waals surface area contributed by atoms with Crippen molar-refractivity contribution in [2.45, 2.75) is 6.42 Å². The van der Waals surface area contributed by atoms with E-state index in [1.54, 1.807) is 18.3 Å². The second-order valence-electron chi connectivity index (χ2n) is 3.44. The van der Waals surface area contributed by atoms with Gasteiger partial charge < -0.3 is 9.72 Å². The van der Waals surface area contributed by atoms with Crippen molar-refractivity contribution >= 4 is 16.9 Å². The highest BCUT2D eigenvalue weighted by Gasteiger charge is 2.09. The molecule has 0 amide bonds. The molecule has 0 bridgehead atoms. The Labute approximate surface area is 92.4 Å². The molecule has 1 aromatic carbocycles. The van der Waals surface area contributed by atoms with Crippen LogP contribution in [0.2, 0.25) is 0 Å². The van der Waals surface area contributed by atoms with Gasteiger partial charge in [-0.2, -0.15) is 5.26 Å². The number of nitrogens with zero attached hydrogens (tertiary/aromatic N) is 1. The molecule has 4 heteroatoms. The lowest BCUT2D eigenvalue weighted by Gasteiger charge is -1.98. The quantitative estimate of drug-likeness (QED) is 0.774. The topological polar surface area (TPSA) is 65.9 Å². The molecule has 0 atom stereocenters. The number of carbonyl (C=O) groups excluding carboxylic acids is 1. The Kier molecular flexibility index (Phi) is 2.61. The van der Waals surface area contributed by atoms with Crippen LogP contribution in [-0.2, 0) is 16.0 Å². The van der Waals surface area contributed by atoms with Crippen molar-refractivity contribution in [3.63, 3.8) is 0 Å². The van der Waals surface area contributed by atoms with Crippen molar-refractivity contribution < 1.29 is 9.53 Å². The average molecular weight is 214 g/mol.